The first-order valence-corrected chi connectivity index (χ1v) is 10.3. The Bertz CT molecular complexity index is 359. The van der Waals surface area contributed by atoms with Gasteiger partial charge in [0.1, 0.15) is 6.04 Å². The summed E-state index contributed by atoms with van der Waals surface area (Å²) < 4.78 is 4.83. The van der Waals surface area contributed by atoms with Crippen molar-refractivity contribution in [3.05, 3.63) is 0 Å². The predicted octanol–water partition coefficient (Wildman–Crippen LogP) is 3.25. The normalized spacial score (nSPS) is 25.9. The molecular weight excluding hydrogens is 306 g/mol. The first kappa shape index (κ1) is 17.0. The highest BCUT2D eigenvalue weighted by Crippen LogP contribution is 2.39. The van der Waals surface area contributed by atoms with Crippen LogP contribution in [0.3, 0.4) is 0 Å². The largest absolute Gasteiger partial charge is 0.467 e. The highest BCUT2D eigenvalue weighted by Gasteiger charge is 2.32. The van der Waals surface area contributed by atoms with Crippen molar-refractivity contribution in [3.8, 4) is 0 Å². The molecular formula is C15H25NO3S2. The van der Waals surface area contributed by atoms with Crippen LogP contribution in [0.2, 0.25) is 0 Å². The fraction of sp³-hybridized carbons (Fsp3) is 0.867. The molecule has 0 aromatic heterocycles. The number of amides is 1. The summed E-state index contributed by atoms with van der Waals surface area (Å²) in [6.07, 6.45) is 7.87. The van der Waals surface area contributed by atoms with Crippen LogP contribution in [0, 0.1) is 0 Å². The van der Waals surface area contributed by atoms with Gasteiger partial charge in [0, 0.05) is 24.0 Å². The van der Waals surface area contributed by atoms with Crippen molar-refractivity contribution in [3.63, 3.8) is 0 Å². The van der Waals surface area contributed by atoms with Crippen molar-refractivity contribution >= 4 is 33.5 Å². The van der Waals surface area contributed by atoms with Crippen molar-refractivity contribution in [2.24, 2.45) is 0 Å². The zero-order valence-electron chi connectivity index (χ0n) is 12.7. The van der Waals surface area contributed by atoms with Gasteiger partial charge in [0.2, 0.25) is 5.91 Å². The molecule has 2 saturated heterocycles. The van der Waals surface area contributed by atoms with Gasteiger partial charge in [0.15, 0.2) is 0 Å². The average molecular weight is 332 g/mol. The second-order valence-corrected chi connectivity index (χ2v) is 8.48. The van der Waals surface area contributed by atoms with E-state index in [0.29, 0.717) is 13.0 Å². The van der Waals surface area contributed by atoms with E-state index in [2.05, 4.69) is 0 Å². The number of hydrogen-bond acceptors (Lipinski definition) is 5. The molecule has 0 N–H and O–H groups in total. The molecule has 0 aromatic rings. The molecule has 6 heteroatoms. The van der Waals surface area contributed by atoms with E-state index in [0.717, 1.165) is 37.4 Å². The molecule has 1 amide bonds. The number of likely N-dealkylation sites (tertiary alicyclic amines) is 1. The van der Waals surface area contributed by atoms with E-state index in [1.165, 1.54) is 25.7 Å². The lowest BCUT2D eigenvalue weighted by molar-refractivity contribution is -0.154. The number of unbranched alkanes of at least 4 members (excludes halogenated alkanes) is 1. The molecule has 2 fully saturated rings. The Hall–Kier alpha value is -0.360. The van der Waals surface area contributed by atoms with Crippen molar-refractivity contribution < 1.29 is 14.3 Å². The minimum Gasteiger partial charge on any atom is -0.467 e. The van der Waals surface area contributed by atoms with Crippen LogP contribution < -0.4 is 0 Å². The number of esters is 1. The van der Waals surface area contributed by atoms with Gasteiger partial charge in [-0.1, -0.05) is 28.0 Å². The highest BCUT2D eigenvalue weighted by atomic mass is 33.1. The van der Waals surface area contributed by atoms with Crippen LogP contribution in [0.5, 0.6) is 0 Å². The molecule has 4 nitrogen and oxygen atoms in total. The molecule has 0 radical (unpaired) electrons. The van der Waals surface area contributed by atoms with Gasteiger partial charge in [-0.25, -0.2) is 4.79 Å². The Morgan fingerprint density at radius 1 is 1.24 bits per heavy atom. The Morgan fingerprint density at radius 3 is 2.81 bits per heavy atom. The van der Waals surface area contributed by atoms with Gasteiger partial charge in [-0.2, -0.15) is 0 Å². The van der Waals surface area contributed by atoms with Gasteiger partial charge < -0.3 is 9.64 Å². The van der Waals surface area contributed by atoms with Crippen molar-refractivity contribution in [1.29, 1.82) is 0 Å². The molecule has 0 aromatic carbocycles. The molecule has 2 aliphatic heterocycles. The van der Waals surface area contributed by atoms with E-state index in [-0.39, 0.29) is 17.9 Å². The smallest absolute Gasteiger partial charge is 0.328 e. The summed E-state index contributed by atoms with van der Waals surface area (Å²) in [5.74, 6) is 1.13. The molecule has 2 unspecified atom stereocenters. The number of ether oxygens (including phenoxy) is 1. The average Bonchev–Trinajstić information content (AvgIpc) is 3.04. The molecule has 21 heavy (non-hydrogen) atoms. The number of carbonyl (C=O) groups excluding carboxylic acids is 2. The van der Waals surface area contributed by atoms with Crippen LogP contribution in [-0.2, 0) is 14.3 Å². The first-order chi connectivity index (χ1) is 10.2. The molecule has 2 heterocycles. The lowest BCUT2D eigenvalue weighted by Crippen LogP contribution is -2.48. The molecule has 0 bridgehead atoms. The van der Waals surface area contributed by atoms with Crippen molar-refractivity contribution in [1.82, 2.24) is 4.90 Å². The van der Waals surface area contributed by atoms with Crippen LogP contribution in [0.1, 0.15) is 51.4 Å². The lowest BCUT2D eigenvalue weighted by atomic mass is 10.0. The Kier molecular flexibility index (Phi) is 7.23. The van der Waals surface area contributed by atoms with E-state index in [9.17, 15) is 9.59 Å². The summed E-state index contributed by atoms with van der Waals surface area (Å²) in [6.45, 7) is 0.702. The lowest BCUT2D eigenvalue weighted by Gasteiger charge is -2.33. The topological polar surface area (TPSA) is 46.6 Å². The van der Waals surface area contributed by atoms with Gasteiger partial charge in [-0.05, 0) is 38.5 Å². The number of methoxy groups -OCH3 is 1. The summed E-state index contributed by atoms with van der Waals surface area (Å²) in [5, 5.41) is 0.780. The van der Waals surface area contributed by atoms with Crippen LogP contribution in [0.25, 0.3) is 0 Å². The van der Waals surface area contributed by atoms with E-state index in [4.69, 9.17) is 4.74 Å². The van der Waals surface area contributed by atoms with Gasteiger partial charge in [0.25, 0.3) is 0 Å². The van der Waals surface area contributed by atoms with Crippen LogP contribution in [0.4, 0.5) is 0 Å². The maximum absolute atomic E-state index is 12.3. The number of hydrogen-bond donors (Lipinski definition) is 0. The van der Waals surface area contributed by atoms with Gasteiger partial charge in [-0.3, -0.25) is 4.79 Å². The molecule has 0 saturated carbocycles. The van der Waals surface area contributed by atoms with Gasteiger partial charge in [-0.15, -0.1) is 0 Å². The fourth-order valence-electron chi connectivity index (χ4n) is 2.97. The molecule has 120 valence electrons. The molecule has 2 atom stereocenters. The van der Waals surface area contributed by atoms with Crippen LogP contribution >= 0.6 is 21.6 Å². The summed E-state index contributed by atoms with van der Waals surface area (Å²) >= 11 is 0. The molecule has 2 aliphatic rings. The first-order valence-electron chi connectivity index (χ1n) is 7.88. The van der Waals surface area contributed by atoms with E-state index in [1.54, 1.807) is 4.90 Å². The van der Waals surface area contributed by atoms with Gasteiger partial charge >= 0.3 is 5.97 Å². The van der Waals surface area contributed by atoms with E-state index >= 15 is 0 Å². The number of piperidine rings is 1. The second-order valence-electron chi connectivity index (χ2n) is 5.70. The maximum atomic E-state index is 12.3. The van der Waals surface area contributed by atoms with Crippen molar-refractivity contribution in [2.75, 3.05) is 19.4 Å². The Balaban J connectivity index is 1.71. The highest BCUT2D eigenvalue weighted by molar-refractivity contribution is 8.77. The minimum absolute atomic E-state index is 0.124. The van der Waals surface area contributed by atoms with Crippen LogP contribution in [0.15, 0.2) is 0 Å². The second kappa shape index (κ2) is 8.93. The minimum atomic E-state index is -0.349. The predicted molar refractivity (Wildman–Crippen MR) is 88.3 cm³/mol. The third-order valence-corrected chi connectivity index (χ3v) is 7.20. The zero-order chi connectivity index (χ0) is 15.1. The SMILES string of the molecule is COC(=O)C1CCCCN1C(=O)CCCCC1CCSS1. The zero-order valence-corrected chi connectivity index (χ0v) is 14.3. The quantitative estimate of drug-likeness (QED) is 0.425. The molecule has 2 rings (SSSR count). The Labute approximate surface area is 135 Å². The summed E-state index contributed by atoms with van der Waals surface area (Å²) in [5.41, 5.74) is 0. The van der Waals surface area contributed by atoms with Crippen molar-refractivity contribution in [2.45, 2.75) is 62.7 Å². The van der Waals surface area contributed by atoms with Gasteiger partial charge in [0.05, 0.1) is 7.11 Å². The number of carbonyl (C=O) groups is 2. The van der Waals surface area contributed by atoms with E-state index in [1.807, 2.05) is 21.6 Å². The standard InChI is InChI=1S/C15H25NO3S2/c1-19-15(18)13-7-4-5-10-16(13)14(17)8-3-2-6-12-9-11-20-21-12/h12-13H,2-11H2,1H3. The summed E-state index contributed by atoms with van der Waals surface area (Å²) in [7, 11) is 5.36. The monoisotopic (exact) mass is 331 g/mol. The third kappa shape index (κ3) is 5.09. The third-order valence-electron chi connectivity index (χ3n) is 4.19. The fourth-order valence-corrected chi connectivity index (χ4v) is 6.00. The molecule has 0 aliphatic carbocycles. The van der Waals surface area contributed by atoms with E-state index < -0.39 is 0 Å². The summed E-state index contributed by atoms with van der Waals surface area (Å²) in [6, 6.07) is -0.349. The number of rotatable bonds is 6. The maximum Gasteiger partial charge on any atom is 0.328 e. The Morgan fingerprint density at radius 2 is 2.10 bits per heavy atom. The number of nitrogens with zero attached hydrogens (tertiary/aromatic N) is 1. The van der Waals surface area contributed by atoms with Crippen LogP contribution in [-0.4, -0.2) is 47.5 Å². The summed E-state index contributed by atoms with van der Waals surface area (Å²) in [4.78, 5) is 25.8. The molecule has 0 spiro atoms.